The molecule has 9 heavy (non-hydrogen) atoms. The summed E-state index contributed by atoms with van der Waals surface area (Å²) >= 11 is 0. The highest BCUT2D eigenvalue weighted by Gasteiger charge is 2.00. The van der Waals surface area contributed by atoms with Crippen molar-refractivity contribution in [3.63, 3.8) is 0 Å². The molecule has 44 valence electrons. The van der Waals surface area contributed by atoms with Crippen molar-refractivity contribution in [1.29, 1.82) is 0 Å². The molecule has 0 unspecified atom stereocenters. The molecular formula is C5H5N4+. The number of H-pyrrole nitrogens is 1. The van der Waals surface area contributed by atoms with Gasteiger partial charge in [-0.2, -0.15) is 5.10 Å². The van der Waals surface area contributed by atoms with Gasteiger partial charge in [0.2, 0.25) is 6.33 Å². The van der Waals surface area contributed by atoms with Crippen LogP contribution in [0.1, 0.15) is 0 Å². The fourth-order valence-corrected chi connectivity index (χ4v) is 0.711. The highest BCUT2D eigenvalue weighted by Crippen LogP contribution is 1.82. The minimum Gasteiger partial charge on any atom is -0.167 e. The molecule has 0 bridgehead atoms. The molecule has 4 nitrogen and oxygen atoms in total. The SMILES string of the molecule is c1cn[n+]2[nH]cnc2c1. The molecule has 0 saturated carbocycles. The van der Waals surface area contributed by atoms with Gasteiger partial charge < -0.3 is 0 Å². The van der Waals surface area contributed by atoms with Gasteiger partial charge in [-0.3, -0.25) is 0 Å². The minimum atomic E-state index is 0.831. The van der Waals surface area contributed by atoms with Crippen LogP contribution >= 0.6 is 0 Å². The summed E-state index contributed by atoms with van der Waals surface area (Å²) < 4.78 is 1.60. The first-order chi connectivity index (χ1) is 4.47. The molecule has 2 rings (SSSR count). The Morgan fingerprint density at radius 1 is 1.56 bits per heavy atom. The van der Waals surface area contributed by atoms with Crippen molar-refractivity contribution in [3.8, 4) is 0 Å². The number of fused-ring (bicyclic) bond motifs is 1. The Morgan fingerprint density at radius 3 is 3.44 bits per heavy atom. The van der Waals surface area contributed by atoms with E-state index in [1.54, 1.807) is 17.2 Å². The van der Waals surface area contributed by atoms with Crippen molar-refractivity contribution in [1.82, 2.24) is 15.2 Å². The lowest BCUT2D eigenvalue weighted by Crippen LogP contribution is -2.26. The third-order valence-corrected chi connectivity index (χ3v) is 1.11. The fourth-order valence-electron chi connectivity index (χ4n) is 0.711. The second-order valence-corrected chi connectivity index (χ2v) is 1.68. The van der Waals surface area contributed by atoms with E-state index in [1.165, 1.54) is 0 Å². The van der Waals surface area contributed by atoms with E-state index in [1.807, 2.05) is 12.1 Å². The van der Waals surface area contributed by atoms with Crippen molar-refractivity contribution < 1.29 is 4.63 Å². The molecule has 0 saturated heterocycles. The Kier molecular flexibility index (Phi) is 0.745. The van der Waals surface area contributed by atoms with Gasteiger partial charge in [0.1, 0.15) is 0 Å². The lowest BCUT2D eigenvalue weighted by molar-refractivity contribution is -0.641. The predicted molar refractivity (Wildman–Crippen MR) is 29.5 cm³/mol. The van der Waals surface area contributed by atoms with Crippen molar-refractivity contribution in [3.05, 3.63) is 24.7 Å². The Morgan fingerprint density at radius 2 is 2.56 bits per heavy atom. The summed E-state index contributed by atoms with van der Waals surface area (Å²) in [5.74, 6) is 0. The zero-order valence-electron chi connectivity index (χ0n) is 4.65. The summed E-state index contributed by atoms with van der Waals surface area (Å²) in [7, 11) is 0. The summed E-state index contributed by atoms with van der Waals surface area (Å²) in [5.41, 5.74) is 0.831. The van der Waals surface area contributed by atoms with E-state index in [-0.39, 0.29) is 0 Å². The van der Waals surface area contributed by atoms with Crippen LogP contribution in [-0.2, 0) is 0 Å². The molecule has 0 aromatic carbocycles. The smallest absolute Gasteiger partial charge is 0.167 e. The molecule has 4 heteroatoms. The minimum absolute atomic E-state index is 0.831. The van der Waals surface area contributed by atoms with Gasteiger partial charge >= 0.3 is 5.65 Å². The van der Waals surface area contributed by atoms with E-state index in [4.69, 9.17) is 0 Å². The van der Waals surface area contributed by atoms with Gasteiger partial charge in [-0.05, 0) is 15.7 Å². The van der Waals surface area contributed by atoms with Gasteiger partial charge in [0.25, 0.3) is 0 Å². The molecule has 1 N–H and O–H groups in total. The van der Waals surface area contributed by atoms with Crippen LogP contribution in [-0.4, -0.2) is 15.2 Å². The molecule has 0 aliphatic carbocycles. The second kappa shape index (κ2) is 1.51. The quantitative estimate of drug-likeness (QED) is 0.479. The highest BCUT2D eigenvalue weighted by atomic mass is 15.4. The number of aromatic amines is 1. The number of nitrogens with zero attached hydrogens (tertiary/aromatic N) is 3. The van der Waals surface area contributed by atoms with Crippen LogP contribution in [0, 0.1) is 0 Å². The molecule has 0 radical (unpaired) electrons. The van der Waals surface area contributed by atoms with Crippen molar-refractivity contribution in [2.75, 3.05) is 0 Å². The number of aromatic nitrogens is 4. The van der Waals surface area contributed by atoms with Gasteiger partial charge in [-0.15, -0.1) is 0 Å². The summed E-state index contributed by atoms with van der Waals surface area (Å²) in [6.45, 7) is 0. The van der Waals surface area contributed by atoms with Crippen LogP contribution in [0.15, 0.2) is 24.7 Å². The van der Waals surface area contributed by atoms with Crippen LogP contribution in [0.4, 0.5) is 0 Å². The van der Waals surface area contributed by atoms with Crippen molar-refractivity contribution in [2.24, 2.45) is 0 Å². The lowest BCUT2D eigenvalue weighted by Gasteiger charge is -1.74. The molecule has 0 amide bonds. The Bertz CT molecular complexity index is 283. The molecule has 0 fully saturated rings. The lowest BCUT2D eigenvalue weighted by atomic mass is 10.6. The topological polar surface area (TPSA) is 45.7 Å². The maximum Gasteiger partial charge on any atom is 0.369 e. The van der Waals surface area contributed by atoms with Crippen LogP contribution < -0.4 is 4.63 Å². The van der Waals surface area contributed by atoms with Crippen LogP contribution in [0.5, 0.6) is 0 Å². The number of hydrogen-bond donors (Lipinski definition) is 1. The number of rotatable bonds is 0. The normalized spacial score (nSPS) is 10.2. The molecule has 0 aliphatic heterocycles. The monoisotopic (exact) mass is 121 g/mol. The highest BCUT2D eigenvalue weighted by molar-refractivity contribution is 5.23. The molecule has 0 spiro atoms. The van der Waals surface area contributed by atoms with Gasteiger partial charge in [-0.25, -0.2) is 0 Å². The second-order valence-electron chi connectivity index (χ2n) is 1.68. The van der Waals surface area contributed by atoms with E-state index >= 15 is 0 Å². The van der Waals surface area contributed by atoms with E-state index < -0.39 is 0 Å². The average Bonchev–Trinajstić information content (AvgIpc) is 2.33. The maximum atomic E-state index is 3.96. The molecule has 0 aliphatic rings. The molecular weight excluding hydrogens is 116 g/mol. The molecule has 2 aromatic heterocycles. The summed E-state index contributed by atoms with van der Waals surface area (Å²) in [5, 5.41) is 6.75. The Balaban J connectivity index is 2.95. The number of hydrogen-bond acceptors (Lipinski definition) is 2. The van der Waals surface area contributed by atoms with Crippen molar-refractivity contribution in [2.45, 2.75) is 0 Å². The van der Waals surface area contributed by atoms with Gasteiger partial charge in [-0.1, -0.05) is 5.10 Å². The largest absolute Gasteiger partial charge is 0.369 e. The first-order valence-corrected chi connectivity index (χ1v) is 2.63. The summed E-state index contributed by atoms with van der Waals surface area (Å²) in [6.07, 6.45) is 3.30. The third kappa shape index (κ3) is 0.561. The van der Waals surface area contributed by atoms with Crippen LogP contribution in [0.2, 0.25) is 0 Å². The van der Waals surface area contributed by atoms with E-state index in [2.05, 4.69) is 15.2 Å². The zero-order valence-corrected chi connectivity index (χ0v) is 4.65. The van der Waals surface area contributed by atoms with E-state index in [0.29, 0.717) is 0 Å². The summed E-state index contributed by atoms with van der Waals surface area (Å²) in [4.78, 5) is 3.96. The zero-order chi connectivity index (χ0) is 6.10. The number of nitrogens with one attached hydrogen (secondary N) is 1. The first-order valence-electron chi connectivity index (χ1n) is 2.63. The van der Waals surface area contributed by atoms with Crippen molar-refractivity contribution >= 4 is 5.65 Å². The molecule has 0 atom stereocenters. The standard InChI is InChI=1S/C5H4N4/c1-2-5-6-4-8-9(5)7-3-1/h1-4H/p+1. The molecule has 2 aromatic rings. The third-order valence-electron chi connectivity index (χ3n) is 1.11. The van der Waals surface area contributed by atoms with Gasteiger partial charge in [0, 0.05) is 6.07 Å². The van der Waals surface area contributed by atoms with Crippen LogP contribution in [0.25, 0.3) is 5.65 Å². The van der Waals surface area contributed by atoms with Gasteiger partial charge in [0.15, 0.2) is 0 Å². The Labute approximate surface area is 51.1 Å². The van der Waals surface area contributed by atoms with E-state index in [9.17, 15) is 0 Å². The summed E-state index contributed by atoms with van der Waals surface area (Å²) in [6, 6.07) is 3.72. The first kappa shape index (κ1) is 4.43. The maximum absolute atomic E-state index is 3.96. The van der Waals surface area contributed by atoms with Crippen LogP contribution in [0.3, 0.4) is 0 Å². The predicted octanol–water partition coefficient (Wildman–Crippen LogP) is -0.457. The Hall–Kier alpha value is -1.45. The fraction of sp³-hybridized carbons (Fsp3) is 0. The molecule has 2 heterocycles. The average molecular weight is 121 g/mol. The van der Waals surface area contributed by atoms with E-state index in [0.717, 1.165) is 5.65 Å². The van der Waals surface area contributed by atoms with Gasteiger partial charge in [0.05, 0.1) is 6.20 Å².